The summed E-state index contributed by atoms with van der Waals surface area (Å²) in [4.78, 5) is 36.9. The van der Waals surface area contributed by atoms with Crippen LogP contribution in [0.2, 0.25) is 4.22 Å². The van der Waals surface area contributed by atoms with Crippen molar-refractivity contribution < 1.29 is 42.1 Å². The molecule has 29 heavy (non-hydrogen) atoms. The van der Waals surface area contributed by atoms with Crippen LogP contribution in [0.1, 0.15) is 51.4 Å². The molecule has 0 spiro atoms. The normalized spacial score (nSPS) is 19.0. The molecule has 0 aromatic carbocycles. The molecule has 0 N–H and O–H groups in total. The molecule has 3 aliphatic rings. The van der Waals surface area contributed by atoms with Crippen molar-refractivity contribution in [1.29, 1.82) is 0 Å². The maximum absolute atomic E-state index is 12.3. The van der Waals surface area contributed by atoms with Crippen molar-refractivity contribution in [3.63, 3.8) is 0 Å². The molecule has 0 atom stereocenters. The van der Waals surface area contributed by atoms with Gasteiger partial charge in [0.05, 0.1) is 0 Å². The first kappa shape index (κ1) is 21.5. The Bertz CT molecular complexity index is 747. The molecule has 0 saturated heterocycles. The molecule has 0 aromatic rings. The number of hydrogen-bond acceptors (Lipinski definition) is 6. The molecule has 3 aliphatic carbocycles. The van der Waals surface area contributed by atoms with Crippen molar-refractivity contribution in [1.82, 2.24) is 0 Å². The van der Waals surface area contributed by atoms with Gasteiger partial charge in [0.1, 0.15) is 0 Å². The number of rotatable bonds is 7. The maximum atomic E-state index is 12.3. The van der Waals surface area contributed by atoms with Crippen molar-refractivity contribution in [2.24, 2.45) is 0 Å². The molecule has 6 nitrogen and oxygen atoms in total. The van der Waals surface area contributed by atoms with E-state index in [4.69, 9.17) is 9.96 Å². The Labute approximate surface area is 175 Å². The van der Waals surface area contributed by atoms with Gasteiger partial charge in [-0.2, -0.15) is 0 Å². The summed E-state index contributed by atoms with van der Waals surface area (Å²) in [7, 11) is 0. The monoisotopic (exact) mass is 434 g/mol. The van der Waals surface area contributed by atoms with E-state index in [0.29, 0.717) is 0 Å². The number of fused-ring (bicyclic) bond motifs is 1. The van der Waals surface area contributed by atoms with E-state index in [1.807, 2.05) is 0 Å². The Morgan fingerprint density at radius 1 is 0.690 bits per heavy atom. The molecule has 0 radical (unpaired) electrons. The molecule has 154 valence electrons. The predicted octanol–water partition coefficient (Wildman–Crippen LogP) is 4.62. The zero-order valence-electron chi connectivity index (χ0n) is 16.5. The third kappa shape index (κ3) is 4.24. The summed E-state index contributed by atoms with van der Waals surface area (Å²) in [5.41, 5.74) is 4.78. The zero-order chi connectivity index (χ0) is 21.0. The summed E-state index contributed by atoms with van der Waals surface area (Å²) in [6.45, 7) is 10.3. The molecule has 0 aliphatic heterocycles. The Hall–Kier alpha value is -2.18. The van der Waals surface area contributed by atoms with E-state index in [1.165, 1.54) is 11.1 Å². The van der Waals surface area contributed by atoms with Crippen molar-refractivity contribution in [2.75, 3.05) is 0 Å². The molecule has 3 rings (SSSR count). The molecule has 7 heteroatoms. The van der Waals surface area contributed by atoms with Gasteiger partial charge in [0.2, 0.25) is 0 Å². The molecule has 0 heterocycles. The standard InChI is InChI=1S/C13H17.3C3H4O2.Ti/c1-3-7-12-10(5-1)9-11-6-2-4-8-13(11)12;3*1-2-3(4)5;/h9H,1-8H2;3*2H,1H2,(H,4,5);/q;;;;+3/p-3. The Morgan fingerprint density at radius 2 is 1.03 bits per heavy atom. The summed E-state index contributed by atoms with van der Waals surface area (Å²) < 4.78 is 16.6. The molecule has 0 bridgehead atoms. The molecule has 0 unspecified atom stereocenters. The van der Waals surface area contributed by atoms with Crippen LogP contribution in [-0.4, -0.2) is 17.9 Å². The average Bonchev–Trinajstić information content (AvgIpc) is 3.08. The topological polar surface area (TPSA) is 78.9 Å². The predicted molar refractivity (Wildman–Crippen MR) is 104 cm³/mol. The third-order valence-corrected chi connectivity index (χ3v) is 10.1. The minimum absolute atomic E-state index is 0.475. The van der Waals surface area contributed by atoms with E-state index in [9.17, 15) is 14.4 Å². The second kappa shape index (κ2) is 9.10. The van der Waals surface area contributed by atoms with Crippen molar-refractivity contribution >= 4 is 17.9 Å². The van der Waals surface area contributed by atoms with Crippen LogP contribution < -0.4 is 0 Å². The second-order valence-electron chi connectivity index (χ2n) is 7.33. The first-order chi connectivity index (χ1) is 14.0. The van der Waals surface area contributed by atoms with Gasteiger partial charge < -0.3 is 0 Å². The summed E-state index contributed by atoms with van der Waals surface area (Å²) in [6, 6.07) is 0. The van der Waals surface area contributed by atoms with Gasteiger partial charge in [-0.1, -0.05) is 0 Å². The third-order valence-electron chi connectivity index (χ3n) is 5.66. The van der Waals surface area contributed by atoms with Crippen molar-refractivity contribution in [2.45, 2.75) is 55.6 Å². The Balaban J connectivity index is 2.18. The first-order valence-electron chi connectivity index (χ1n) is 9.96. The zero-order valence-corrected chi connectivity index (χ0v) is 18.1. The molecular weight excluding hydrogens is 408 g/mol. The van der Waals surface area contributed by atoms with Gasteiger partial charge in [0.25, 0.3) is 0 Å². The Morgan fingerprint density at radius 3 is 1.38 bits per heavy atom. The summed E-state index contributed by atoms with van der Waals surface area (Å²) in [6.07, 6.45) is 10.7. The van der Waals surface area contributed by atoms with Crippen LogP contribution in [0.15, 0.2) is 60.3 Å². The SMILES string of the molecule is C=CC(=O)[O][Ti]([O]C(=O)C=C)([O]C(=O)C=C)[CH]1C2=C(CCCC2)C2=C1CCCC2. The number of allylic oxidation sites excluding steroid dienone is 4. The van der Waals surface area contributed by atoms with Crippen molar-refractivity contribution in [3.05, 3.63) is 60.3 Å². The average molecular weight is 434 g/mol. The van der Waals surface area contributed by atoms with Gasteiger partial charge in [-0.3, -0.25) is 0 Å². The van der Waals surface area contributed by atoms with E-state index in [-0.39, 0.29) is 0 Å². The summed E-state index contributed by atoms with van der Waals surface area (Å²) >= 11 is -4.89. The van der Waals surface area contributed by atoms with E-state index >= 15 is 0 Å². The van der Waals surface area contributed by atoms with Crippen molar-refractivity contribution in [3.8, 4) is 0 Å². The fraction of sp³-hybridized carbons (Fsp3) is 0.409. The summed E-state index contributed by atoms with van der Waals surface area (Å²) in [5, 5.41) is 0. The minimum atomic E-state index is -4.89. The fourth-order valence-corrected chi connectivity index (χ4v) is 9.39. The molecular formula is C22H26O6Ti. The van der Waals surface area contributed by atoms with Crippen LogP contribution >= 0.6 is 0 Å². The van der Waals surface area contributed by atoms with Crippen LogP contribution in [0.25, 0.3) is 0 Å². The molecule has 0 aromatic heterocycles. The van der Waals surface area contributed by atoms with Crippen LogP contribution in [0.5, 0.6) is 0 Å². The summed E-state index contributed by atoms with van der Waals surface area (Å²) in [5.74, 6) is -2.33. The number of carbonyl (C=O) groups excluding carboxylic acids is 3. The van der Waals surface area contributed by atoms with Gasteiger partial charge >= 0.3 is 176 Å². The second-order valence-corrected chi connectivity index (χ2v) is 11.1. The van der Waals surface area contributed by atoms with Crippen LogP contribution in [-0.2, 0) is 42.1 Å². The van der Waals surface area contributed by atoms with Gasteiger partial charge in [-0.15, -0.1) is 0 Å². The quantitative estimate of drug-likeness (QED) is 0.430. The fourth-order valence-electron chi connectivity index (χ4n) is 4.61. The number of hydrogen-bond donors (Lipinski definition) is 0. The van der Waals surface area contributed by atoms with Gasteiger partial charge in [-0.05, 0) is 0 Å². The molecule has 0 amide bonds. The van der Waals surface area contributed by atoms with Gasteiger partial charge in [0, 0.05) is 0 Å². The van der Waals surface area contributed by atoms with E-state index in [0.717, 1.165) is 80.7 Å². The molecule has 0 saturated carbocycles. The van der Waals surface area contributed by atoms with Crippen LogP contribution in [0, 0.1) is 0 Å². The van der Waals surface area contributed by atoms with E-state index in [2.05, 4.69) is 19.7 Å². The van der Waals surface area contributed by atoms with Gasteiger partial charge in [0.15, 0.2) is 0 Å². The van der Waals surface area contributed by atoms with Crippen LogP contribution in [0.3, 0.4) is 0 Å². The molecule has 0 fully saturated rings. The Kier molecular flexibility index (Phi) is 6.75. The van der Waals surface area contributed by atoms with E-state index in [1.54, 1.807) is 0 Å². The van der Waals surface area contributed by atoms with Crippen LogP contribution in [0.4, 0.5) is 0 Å². The van der Waals surface area contributed by atoms with E-state index < -0.39 is 39.9 Å². The number of carbonyl (C=O) groups is 3. The first-order valence-corrected chi connectivity index (χ1v) is 12.8. The van der Waals surface area contributed by atoms with Gasteiger partial charge in [-0.25, -0.2) is 0 Å².